The zero-order valence-electron chi connectivity index (χ0n) is 21.6. The quantitative estimate of drug-likeness (QED) is 0.392. The normalized spacial score (nSPS) is 21.2. The van der Waals surface area contributed by atoms with Gasteiger partial charge in [-0.05, 0) is 48.1 Å². The van der Waals surface area contributed by atoms with Crippen LogP contribution in [-0.2, 0) is 20.9 Å². The summed E-state index contributed by atoms with van der Waals surface area (Å²) in [6.07, 6.45) is 1.09. The fraction of sp³-hybridized carbons (Fsp3) is 0.281. The van der Waals surface area contributed by atoms with Gasteiger partial charge >= 0.3 is 5.97 Å². The van der Waals surface area contributed by atoms with Crippen molar-refractivity contribution in [3.8, 4) is 0 Å². The molecule has 188 valence electrons. The Kier molecular flexibility index (Phi) is 7.04. The minimum Gasteiger partial charge on any atom is -0.460 e. The van der Waals surface area contributed by atoms with E-state index in [1.165, 1.54) is 0 Å². The summed E-state index contributed by atoms with van der Waals surface area (Å²) in [5, 5.41) is 0. The number of esters is 1. The molecule has 0 N–H and O–H groups in total. The van der Waals surface area contributed by atoms with Gasteiger partial charge < -0.3 is 9.64 Å². The Morgan fingerprint density at radius 2 is 1.54 bits per heavy atom. The Morgan fingerprint density at radius 3 is 2.19 bits per heavy atom. The van der Waals surface area contributed by atoms with Crippen LogP contribution in [0.1, 0.15) is 48.3 Å². The third kappa shape index (κ3) is 5.12. The van der Waals surface area contributed by atoms with Gasteiger partial charge in [-0.1, -0.05) is 72.8 Å². The lowest BCUT2D eigenvalue weighted by molar-refractivity contribution is -0.148. The fourth-order valence-corrected chi connectivity index (χ4v) is 5.48. The lowest BCUT2D eigenvalue weighted by Gasteiger charge is -2.36. The SMILES string of the molecule is CC1=NC2=C(C(=O)C[C@H](c3ccccc3)C2)[C@H](c2ccc(N(C)C)cc2)C1C(=O)OCc1ccccc1. The number of hydrogen-bond donors (Lipinski definition) is 0. The van der Waals surface area contributed by atoms with E-state index >= 15 is 0 Å². The summed E-state index contributed by atoms with van der Waals surface area (Å²) >= 11 is 0. The van der Waals surface area contributed by atoms with Crippen molar-refractivity contribution >= 4 is 23.2 Å². The number of carbonyl (C=O) groups is 2. The third-order valence-electron chi connectivity index (χ3n) is 7.41. The summed E-state index contributed by atoms with van der Waals surface area (Å²) in [7, 11) is 3.98. The number of ether oxygens (including phenoxy) is 1. The maximum Gasteiger partial charge on any atom is 0.315 e. The van der Waals surface area contributed by atoms with Gasteiger partial charge in [-0.15, -0.1) is 0 Å². The molecule has 2 aliphatic rings. The van der Waals surface area contributed by atoms with Gasteiger partial charge in [0.1, 0.15) is 12.5 Å². The molecule has 0 saturated heterocycles. The van der Waals surface area contributed by atoms with Crippen LogP contribution in [0.5, 0.6) is 0 Å². The van der Waals surface area contributed by atoms with Gasteiger partial charge in [0.15, 0.2) is 5.78 Å². The van der Waals surface area contributed by atoms with Gasteiger partial charge in [0, 0.05) is 49.1 Å². The molecule has 1 aliphatic heterocycles. The number of carbonyl (C=O) groups excluding carboxylic acids is 2. The molecule has 3 aromatic rings. The minimum atomic E-state index is -0.648. The molecule has 0 spiro atoms. The highest BCUT2D eigenvalue weighted by Gasteiger charge is 2.44. The van der Waals surface area contributed by atoms with Crippen LogP contribution in [0.25, 0.3) is 0 Å². The number of ketones is 1. The number of Topliss-reactive ketones (excluding diaryl/α,β-unsaturated/α-hetero) is 1. The molecule has 0 bridgehead atoms. The molecule has 1 unspecified atom stereocenters. The number of aliphatic imine (C=N–C) groups is 1. The maximum absolute atomic E-state index is 13.7. The van der Waals surface area contributed by atoms with Crippen molar-refractivity contribution in [1.29, 1.82) is 0 Å². The summed E-state index contributed by atoms with van der Waals surface area (Å²) in [5.74, 6) is -1.27. The first-order chi connectivity index (χ1) is 17.9. The van der Waals surface area contributed by atoms with Crippen molar-refractivity contribution < 1.29 is 14.3 Å². The molecule has 0 fully saturated rings. The summed E-state index contributed by atoms with van der Waals surface area (Å²) in [6, 6.07) is 27.9. The molecule has 3 atom stereocenters. The van der Waals surface area contributed by atoms with Crippen molar-refractivity contribution in [3.05, 3.63) is 113 Å². The first-order valence-corrected chi connectivity index (χ1v) is 12.8. The van der Waals surface area contributed by atoms with Crippen molar-refractivity contribution in [2.24, 2.45) is 10.9 Å². The average molecular weight is 493 g/mol. The zero-order chi connectivity index (χ0) is 25.9. The molecule has 0 aromatic heterocycles. The van der Waals surface area contributed by atoms with Crippen LogP contribution in [-0.4, -0.2) is 31.6 Å². The van der Waals surface area contributed by atoms with E-state index in [1.54, 1.807) is 0 Å². The molecule has 5 heteroatoms. The first kappa shape index (κ1) is 24.7. The summed E-state index contributed by atoms with van der Waals surface area (Å²) in [5.41, 5.74) is 6.22. The number of hydrogen-bond acceptors (Lipinski definition) is 5. The number of anilines is 1. The van der Waals surface area contributed by atoms with Gasteiger partial charge in [-0.3, -0.25) is 14.6 Å². The van der Waals surface area contributed by atoms with E-state index < -0.39 is 11.8 Å². The number of nitrogens with zero attached hydrogens (tertiary/aromatic N) is 2. The summed E-state index contributed by atoms with van der Waals surface area (Å²) in [4.78, 5) is 34.2. The Bertz CT molecular complexity index is 1340. The molecule has 1 heterocycles. The average Bonchev–Trinajstić information content (AvgIpc) is 2.92. The number of rotatable bonds is 6. The van der Waals surface area contributed by atoms with E-state index in [1.807, 2.05) is 98.7 Å². The Balaban J connectivity index is 1.52. The topological polar surface area (TPSA) is 59.0 Å². The highest BCUT2D eigenvalue weighted by Crippen LogP contribution is 2.47. The Labute approximate surface area is 218 Å². The Morgan fingerprint density at radius 1 is 0.892 bits per heavy atom. The molecule has 0 radical (unpaired) electrons. The van der Waals surface area contributed by atoms with Crippen LogP contribution < -0.4 is 4.90 Å². The van der Waals surface area contributed by atoms with Crippen LogP contribution >= 0.6 is 0 Å². The second kappa shape index (κ2) is 10.6. The lowest BCUT2D eigenvalue weighted by Crippen LogP contribution is -2.38. The van der Waals surface area contributed by atoms with E-state index in [4.69, 9.17) is 9.73 Å². The molecule has 5 rings (SSSR count). The zero-order valence-corrected chi connectivity index (χ0v) is 21.6. The molecule has 0 amide bonds. The van der Waals surface area contributed by atoms with Gasteiger partial charge in [0.05, 0.1) is 0 Å². The molecule has 5 nitrogen and oxygen atoms in total. The van der Waals surface area contributed by atoms with E-state index in [0.29, 0.717) is 24.1 Å². The standard InChI is InChI=1S/C32H32N2O3/c1-21-29(32(36)37-20-22-10-6-4-7-11-22)30(24-14-16-26(17-15-24)34(2)3)31-27(33-21)18-25(19-28(31)35)23-12-8-5-9-13-23/h4-17,25,29-30H,18-20H2,1-3H3/t25-,29?,30-/m1/s1. The van der Waals surface area contributed by atoms with Gasteiger partial charge in [0.2, 0.25) is 0 Å². The van der Waals surface area contributed by atoms with E-state index in [-0.39, 0.29) is 24.3 Å². The van der Waals surface area contributed by atoms with Crippen molar-refractivity contribution in [1.82, 2.24) is 0 Å². The largest absolute Gasteiger partial charge is 0.460 e. The molecule has 3 aromatic carbocycles. The minimum absolute atomic E-state index is 0.0638. The maximum atomic E-state index is 13.7. The number of allylic oxidation sites excluding steroid dienone is 2. The van der Waals surface area contributed by atoms with Crippen LogP contribution in [0.3, 0.4) is 0 Å². The van der Waals surface area contributed by atoms with E-state index in [9.17, 15) is 9.59 Å². The third-order valence-corrected chi connectivity index (χ3v) is 7.41. The summed E-state index contributed by atoms with van der Waals surface area (Å²) < 4.78 is 5.80. The van der Waals surface area contributed by atoms with Crippen LogP contribution in [0.4, 0.5) is 5.69 Å². The predicted molar refractivity (Wildman–Crippen MR) is 147 cm³/mol. The van der Waals surface area contributed by atoms with Crippen LogP contribution in [0, 0.1) is 5.92 Å². The van der Waals surface area contributed by atoms with Gasteiger partial charge in [-0.2, -0.15) is 0 Å². The van der Waals surface area contributed by atoms with E-state index in [0.717, 1.165) is 28.1 Å². The molecule has 37 heavy (non-hydrogen) atoms. The highest BCUT2D eigenvalue weighted by atomic mass is 16.5. The van der Waals surface area contributed by atoms with Crippen molar-refractivity contribution in [2.45, 2.75) is 38.2 Å². The fourth-order valence-electron chi connectivity index (χ4n) is 5.48. The highest BCUT2D eigenvalue weighted by molar-refractivity contribution is 6.09. The summed E-state index contributed by atoms with van der Waals surface area (Å²) in [6.45, 7) is 2.07. The van der Waals surface area contributed by atoms with Crippen molar-refractivity contribution in [2.75, 3.05) is 19.0 Å². The predicted octanol–water partition coefficient (Wildman–Crippen LogP) is 6.07. The monoisotopic (exact) mass is 492 g/mol. The first-order valence-electron chi connectivity index (χ1n) is 12.8. The number of benzene rings is 3. The van der Waals surface area contributed by atoms with Crippen LogP contribution in [0.15, 0.2) is 101 Å². The Hall–Kier alpha value is -3.99. The lowest BCUT2D eigenvalue weighted by atomic mass is 9.69. The molecule has 0 saturated carbocycles. The van der Waals surface area contributed by atoms with Gasteiger partial charge in [-0.25, -0.2) is 0 Å². The van der Waals surface area contributed by atoms with Crippen LogP contribution in [0.2, 0.25) is 0 Å². The van der Waals surface area contributed by atoms with Crippen molar-refractivity contribution in [3.63, 3.8) is 0 Å². The van der Waals surface area contributed by atoms with E-state index in [2.05, 4.69) is 12.1 Å². The molecular formula is C32H32N2O3. The molecule has 1 aliphatic carbocycles. The smallest absolute Gasteiger partial charge is 0.315 e. The second-order valence-electron chi connectivity index (χ2n) is 10.1. The van der Waals surface area contributed by atoms with Gasteiger partial charge in [0.25, 0.3) is 0 Å². The molecular weight excluding hydrogens is 460 g/mol. The second-order valence-corrected chi connectivity index (χ2v) is 10.1.